The van der Waals surface area contributed by atoms with Gasteiger partial charge in [-0.25, -0.2) is 8.42 Å². The van der Waals surface area contributed by atoms with E-state index in [2.05, 4.69) is 17.2 Å². The molecule has 0 aliphatic rings. The van der Waals surface area contributed by atoms with Crippen LogP contribution in [0, 0.1) is 0 Å². The van der Waals surface area contributed by atoms with Crippen molar-refractivity contribution in [3.8, 4) is 5.75 Å². The molecule has 1 unspecified atom stereocenters. The molecule has 3 aromatic heterocycles. The minimum atomic E-state index is -3.67. The average Bonchev–Trinajstić information content (AvgIpc) is 3.25. The maximum Gasteiger partial charge on any atom is 0.209 e. The first-order valence-corrected chi connectivity index (χ1v) is 13.1. The number of nitrogens with zero attached hydrogens (tertiary/aromatic N) is 2. The van der Waals surface area contributed by atoms with Crippen LogP contribution in [0.3, 0.4) is 0 Å². The molecule has 0 saturated heterocycles. The molecule has 1 aromatic carbocycles. The van der Waals surface area contributed by atoms with Crippen LogP contribution in [0.5, 0.6) is 5.75 Å². The molecule has 0 aliphatic heterocycles. The Hall–Kier alpha value is -3.16. The molecule has 4 aromatic rings. The normalized spacial score (nSPS) is 12.8. The van der Waals surface area contributed by atoms with E-state index in [4.69, 9.17) is 4.74 Å². The Morgan fingerprint density at radius 1 is 1.00 bits per heavy atom. The maximum absolute atomic E-state index is 13.6. The van der Waals surface area contributed by atoms with E-state index in [9.17, 15) is 8.42 Å². The molecule has 0 amide bonds. The highest BCUT2D eigenvalue weighted by Crippen LogP contribution is 2.34. The van der Waals surface area contributed by atoms with Crippen molar-refractivity contribution >= 4 is 15.4 Å². The molecule has 0 fully saturated rings. The van der Waals surface area contributed by atoms with Crippen LogP contribution in [-0.2, 0) is 9.84 Å². The number of ether oxygens (including phenoxy) is 1. The SMILES string of the molecule is CC(C)c1cn2ccccc2c1S(=O)(=O)c1ccc(OCCCNC(C)c2ccccn2)cc1. The van der Waals surface area contributed by atoms with Gasteiger partial charge in [-0.3, -0.25) is 4.98 Å². The second kappa shape index (κ2) is 10.4. The molecule has 0 saturated carbocycles. The van der Waals surface area contributed by atoms with Crippen LogP contribution in [0.1, 0.15) is 50.4 Å². The average molecular weight is 478 g/mol. The van der Waals surface area contributed by atoms with E-state index >= 15 is 0 Å². The highest BCUT2D eigenvalue weighted by atomic mass is 32.2. The first-order chi connectivity index (χ1) is 16.4. The highest BCUT2D eigenvalue weighted by Gasteiger charge is 2.27. The number of aromatic nitrogens is 2. The van der Waals surface area contributed by atoms with Gasteiger partial charge in [0.25, 0.3) is 0 Å². The van der Waals surface area contributed by atoms with Gasteiger partial charge in [0.15, 0.2) is 0 Å². The number of benzene rings is 1. The van der Waals surface area contributed by atoms with Gasteiger partial charge in [-0.2, -0.15) is 0 Å². The molecule has 7 heteroatoms. The number of nitrogens with one attached hydrogen (secondary N) is 1. The van der Waals surface area contributed by atoms with Gasteiger partial charge in [-0.05, 0) is 79.9 Å². The van der Waals surface area contributed by atoms with E-state index in [1.165, 1.54) is 0 Å². The second-order valence-corrected chi connectivity index (χ2v) is 10.6. The van der Waals surface area contributed by atoms with Gasteiger partial charge in [-0.1, -0.05) is 26.0 Å². The number of hydrogen-bond donors (Lipinski definition) is 1. The number of fused-ring (bicyclic) bond motifs is 1. The van der Waals surface area contributed by atoms with Crippen molar-refractivity contribution < 1.29 is 13.2 Å². The van der Waals surface area contributed by atoms with Gasteiger partial charge in [-0.15, -0.1) is 0 Å². The second-order valence-electron chi connectivity index (χ2n) is 8.67. The molecule has 178 valence electrons. The maximum atomic E-state index is 13.6. The third-order valence-electron chi connectivity index (χ3n) is 5.86. The van der Waals surface area contributed by atoms with E-state index < -0.39 is 9.84 Å². The van der Waals surface area contributed by atoms with Crippen molar-refractivity contribution in [1.29, 1.82) is 0 Å². The van der Waals surface area contributed by atoms with Crippen LogP contribution < -0.4 is 10.1 Å². The van der Waals surface area contributed by atoms with Gasteiger partial charge >= 0.3 is 0 Å². The van der Waals surface area contributed by atoms with E-state index in [-0.39, 0.29) is 16.9 Å². The zero-order valence-corrected chi connectivity index (χ0v) is 20.6. The van der Waals surface area contributed by atoms with Gasteiger partial charge in [0.05, 0.1) is 22.7 Å². The summed E-state index contributed by atoms with van der Waals surface area (Å²) in [6.45, 7) is 7.44. The minimum absolute atomic E-state index is 0.0845. The molecule has 1 N–H and O–H groups in total. The monoisotopic (exact) mass is 477 g/mol. The molecule has 4 rings (SSSR count). The lowest BCUT2D eigenvalue weighted by atomic mass is 10.1. The summed E-state index contributed by atoms with van der Waals surface area (Å²) < 4.78 is 34.8. The van der Waals surface area contributed by atoms with E-state index in [1.807, 2.05) is 67.0 Å². The largest absolute Gasteiger partial charge is 0.494 e. The number of rotatable bonds is 10. The fraction of sp³-hybridized carbons (Fsp3) is 0.296. The summed E-state index contributed by atoms with van der Waals surface area (Å²) in [6.07, 6.45) is 6.41. The topological polar surface area (TPSA) is 72.7 Å². The Morgan fingerprint density at radius 2 is 1.76 bits per heavy atom. The molecular weight excluding hydrogens is 446 g/mol. The lowest BCUT2D eigenvalue weighted by Crippen LogP contribution is -2.22. The smallest absolute Gasteiger partial charge is 0.209 e. The van der Waals surface area contributed by atoms with Crippen LogP contribution in [0.25, 0.3) is 5.52 Å². The standard InChI is InChI=1S/C27H31N3O3S/c1-20(2)24-19-30-17-7-5-10-26(30)27(24)34(31,32)23-13-11-22(12-14-23)33-18-8-16-28-21(3)25-9-4-6-15-29-25/h4-7,9-15,17,19-21,28H,8,16,18H2,1-3H3. The van der Waals surface area contributed by atoms with Crippen LogP contribution >= 0.6 is 0 Å². The lowest BCUT2D eigenvalue weighted by molar-refractivity contribution is 0.305. The van der Waals surface area contributed by atoms with E-state index in [0.717, 1.165) is 24.2 Å². The molecule has 34 heavy (non-hydrogen) atoms. The molecule has 0 bridgehead atoms. The van der Waals surface area contributed by atoms with Crippen LogP contribution in [0.15, 0.2) is 89.0 Å². The third-order valence-corrected chi connectivity index (χ3v) is 7.73. The fourth-order valence-corrected chi connectivity index (χ4v) is 5.75. The predicted molar refractivity (Wildman–Crippen MR) is 134 cm³/mol. The number of sulfone groups is 1. The van der Waals surface area contributed by atoms with Crippen LogP contribution in [0.4, 0.5) is 0 Å². The van der Waals surface area contributed by atoms with Gasteiger partial charge in [0.2, 0.25) is 9.84 Å². The van der Waals surface area contributed by atoms with Crippen LogP contribution in [0.2, 0.25) is 0 Å². The summed E-state index contributed by atoms with van der Waals surface area (Å²) in [5, 5.41) is 3.43. The number of hydrogen-bond acceptors (Lipinski definition) is 5. The Morgan fingerprint density at radius 3 is 2.47 bits per heavy atom. The Balaban J connectivity index is 1.39. The molecule has 3 heterocycles. The molecule has 0 spiro atoms. The lowest BCUT2D eigenvalue weighted by Gasteiger charge is -2.13. The van der Waals surface area contributed by atoms with Gasteiger partial charge in [0, 0.05) is 24.6 Å². The third kappa shape index (κ3) is 5.16. The summed E-state index contributed by atoms with van der Waals surface area (Å²) in [6, 6.07) is 18.4. The molecular formula is C27H31N3O3S. The first-order valence-electron chi connectivity index (χ1n) is 11.6. The summed E-state index contributed by atoms with van der Waals surface area (Å²) >= 11 is 0. The predicted octanol–water partition coefficient (Wildman–Crippen LogP) is 5.41. The van der Waals surface area contributed by atoms with Crippen molar-refractivity contribution in [2.75, 3.05) is 13.2 Å². The van der Waals surface area contributed by atoms with E-state index in [1.54, 1.807) is 30.5 Å². The first kappa shape index (κ1) is 24.0. The van der Waals surface area contributed by atoms with Crippen molar-refractivity contribution in [2.45, 2.75) is 48.9 Å². The minimum Gasteiger partial charge on any atom is -0.494 e. The summed E-state index contributed by atoms with van der Waals surface area (Å²) in [7, 11) is -3.67. The quantitative estimate of drug-likeness (QED) is 0.309. The van der Waals surface area contributed by atoms with Crippen molar-refractivity contribution in [3.63, 3.8) is 0 Å². The summed E-state index contributed by atoms with van der Waals surface area (Å²) in [5.74, 6) is 0.740. The summed E-state index contributed by atoms with van der Waals surface area (Å²) in [5.41, 5.74) is 2.52. The Kier molecular flexibility index (Phi) is 7.34. The number of pyridine rings is 2. The zero-order valence-electron chi connectivity index (χ0n) is 19.8. The Bertz CT molecular complexity index is 1330. The molecule has 1 atom stereocenters. The van der Waals surface area contributed by atoms with Gasteiger partial charge < -0.3 is 14.5 Å². The molecule has 0 radical (unpaired) electrons. The highest BCUT2D eigenvalue weighted by molar-refractivity contribution is 7.91. The van der Waals surface area contributed by atoms with Crippen molar-refractivity contribution in [1.82, 2.24) is 14.7 Å². The summed E-state index contributed by atoms with van der Waals surface area (Å²) in [4.78, 5) is 5.01. The molecule has 0 aliphatic carbocycles. The van der Waals surface area contributed by atoms with Crippen LogP contribution in [-0.4, -0.2) is 31.0 Å². The molecule has 6 nitrogen and oxygen atoms in total. The van der Waals surface area contributed by atoms with Crippen molar-refractivity contribution in [2.24, 2.45) is 0 Å². The zero-order chi connectivity index (χ0) is 24.1. The Labute approximate surface area is 201 Å². The van der Waals surface area contributed by atoms with Gasteiger partial charge in [0.1, 0.15) is 10.6 Å². The van der Waals surface area contributed by atoms with E-state index in [0.29, 0.717) is 22.8 Å². The van der Waals surface area contributed by atoms with Crippen molar-refractivity contribution in [3.05, 3.63) is 90.5 Å². The fourth-order valence-electron chi connectivity index (χ4n) is 3.97.